The molecule has 0 radical (unpaired) electrons. The zero-order valence-electron chi connectivity index (χ0n) is 12.2. The van der Waals surface area contributed by atoms with Crippen molar-refractivity contribution < 1.29 is 9.13 Å². The molecule has 110 valence electrons. The van der Waals surface area contributed by atoms with Gasteiger partial charge in [-0.25, -0.2) is 4.39 Å². The van der Waals surface area contributed by atoms with Gasteiger partial charge in [-0.1, -0.05) is 36.4 Å². The minimum atomic E-state index is -0.290. The second-order valence-electron chi connectivity index (χ2n) is 5.66. The predicted octanol–water partition coefficient (Wildman–Crippen LogP) is 3.92. The van der Waals surface area contributed by atoms with Crippen molar-refractivity contribution in [1.29, 1.82) is 0 Å². The van der Waals surface area contributed by atoms with E-state index in [0.717, 1.165) is 24.8 Å². The summed E-state index contributed by atoms with van der Waals surface area (Å²) in [5, 5.41) is 0. The summed E-state index contributed by atoms with van der Waals surface area (Å²) in [6.07, 6.45) is 2.65. The molecule has 0 bridgehead atoms. The van der Waals surface area contributed by atoms with Crippen LogP contribution >= 0.6 is 0 Å². The van der Waals surface area contributed by atoms with Crippen LogP contribution in [0.25, 0.3) is 0 Å². The molecule has 0 fully saturated rings. The first-order chi connectivity index (χ1) is 10.2. The molecule has 2 N–H and O–H groups in total. The van der Waals surface area contributed by atoms with Gasteiger partial charge in [0, 0.05) is 0 Å². The molecular weight excluding hydrogens is 265 g/mol. The lowest BCUT2D eigenvalue weighted by molar-refractivity contribution is 0.155. The van der Waals surface area contributed by atoms with Crippen LogP contribution in [0.2, 0.25) is 0 Å². The maximum Gasteiger partial charge on any atom is 0.167 e. The van der Waals surface area contributed by atoms with Gasteiger partial charge in [0.1, 0.15) is 6.10 Å². The highest BCUT2D eigenvalue weighted by Gasteiger charge is 2.27. The summed E-state index contributed by atoms with van der Waals surface area (Å²) >= 11 is 0. The van der Waals surface area contributed by atoms with Gasteiger partial charge in [0.15, 0.2) is 11.6 Å². The van der Waals surface area contributed by atoms with E-state index in [4.69, 9.17) is 10.5 Å². The summed E-state index contributed by atoms with van der Waals surface area (Å²) in [5.41, 5.74) is 9.37. The highest BCUT2D eigenvalue weighted by molar-refractivity contribution is 5.34. The van der Waals surface area contributed by atoms with E-state index in [1.807, 2.05) is 24.3 Å². The standard InChI is InChI=1S/C18H20FNO/c1-12-6-4-10-15(17(12)19)21-16-11-5-8-13-7-2-3-9-14(13)18(16)20/h2-4,6-7,9-10,16,18H,5,8,11,20H2,1H3. The SMILES string of the molecule is Cc1cccc(OC2CCCc3ccccc3C2N)c1F. The van der Waals surface area contributed by atoms with Crippen molar-refractivity contribution in [3.63, 3.8) is 0 Å². The molecule has 0 aliphatic heterocycles. The number of rotatable bonds is 2. The summed E-state index contributed by atoms with van der Waals surface area (Å²) in [4.78, 5) is 0. The van der Waals surface area contributed by atoms with Gasteiger partial charge in [0.05, 0.1) is 6.04 Å². The largest absolute Gasteiger partial charge is 0.485 e. The number of halogens is 1. The zero-order valence-corrected chi connectivity index (χ0v) is 12.2. The topological polar surface area (TPSA) is 35.2 Å². The Bertz CT molecular complexity index is 641. The van der Waals surface area contributed by atoms with E-state index in [1.54, 1.807) is 19.1 Å². The molecule has 3 rings (SSSR count). The third-order valence-electron chi connectivity index (χ3n) is 4.18. The number of benzene rings is 2. The quantitative estimate of drug-likeness (QED) is 0.849. The average molecular weight is 285 g/mol. The summed E-state index contributed by atoms with van der Waals surface area (Å²) in [6, 6.07) is 13.2. The number of ether oxygens (including phenoxy) is 1. The summed E-state index contributed by atoms with van der Waals surface area (Å²) in [5.74, 6) is 0.0112. The molecule has 0 amide bonds. The van der Waals surface area contributed by atoms with Gasteiger partial charge >= 0.3 is 0 Å². The second-order valence-corrected chi connectivity index (χ2v) is 5.66. The number of hydrogen-bond donors (Lipinski definition) is 1. The number of nitrogens with two attached hydrogens (primary N) is 1. The normalized spacial score (nSPS) is 21.5. The highest BCUT2D eigenvalue weighted by atomic mass is 19.1. The minimum Gasteiger partial charge on any atom is -0.485 e. The van der Waals surface area contributed by atoms with E-state index in [9.17, 15) is 4.39 Å². The minimum absolute atomic E-state index is 0.190. The third-order valence-corrected chi connectivity index (χ3v) is 4.18. The van der Waals surface area contributed by atoms with Gasteiger partial charge in [-0.3, -0.25) is 0 Å². The van der Waals surface area contributed by atoms with Gasteiger partial charge in [-0.2, -0.15) is 0 Å². The van der Waals surface area contributed by atoms with E-state index >= 15 is 0 Å². The molecule has 0 spiro atoms. The Morgan fingerprint density at radius 3 is 2.81 bits per heavy atom. The molecule has 0 saturated carbocycles. The fraction of sp³-hybridized carbons (Fsp3) is 0.333. The Morgan fingerprint density at radius 2 is 1.95 bits per heavy atom. The van der Waals surface area contributed by atoms with Crippen LogP contribution in [-0.4, -0.2) is 6.10 Å². The van der Waals surface area contributed by atoms with Crippen molar-refractivity contribution in [2.45, 2.75) is 38.3 Å². The van der Waals surface area contributed by atoms with E-state index in [1.165, 1.54) is 5.56 Å². The Labute approximate surface area is 124 Å². The molecule has 2 aromatic carbocycles. The van der Waals surface area contributed by atoms with Crippen LogP contribution in [0.15, 0.2) is 42.5 Å². The van der Waals surface area contributed by atoms with E-state index < -0.39 is 0 Å². The fourth-order valence-corrected chi connectivity index (χ4v) is 2.97. The van der Waals surface area contributed by atoms with Gasteiger partial charge in [0.2, 0.25) is 0 Å². The lowest BCUT2D eigenvalue weighted by Crippen LogP contribution is -2.31. The van der Waals surface area contributed by atoms with Crippen LogP contribution in [0.5, 0.6) is 5.75 Å². The summed E-state index contributed by atoms with van der Waals surface area (Å²) < 4.78 is 20.0. The second kappa shape index (κ2) is 5.86. The maximum atomic E-state index is 14.1. The van der Waals surface area contributed by atoms with Crippen molar-refractivity contribution in [3.05, 3.63) is 65.0 Å². The number of hydrogen-bond acceptors (Lipinski definition) is 2. The first-order valence-corrected chi connectivity index (χ1v) is 7.42. The molecule has 3 heteroatoms. The lowest BCUT2D eigenvalue weighted by atomic mass is 9.98. The van der Waals surface area contributed by atoms with E-state index in [0.29, 0.717) is 11.3 Å². The smallest absolute Gasteiger partial charge is 0.167 e. The highest BCUT2D eigenvalue weighted by Crippen LogP contribution is 2.31. The van der Waals surface area contributed by atoms with Crippen LogP contribution in [-0.2, 0) is 6.42 Å². The van der Waals surface area contributed by atoms with Gasteiger partial charge < -0.3 is 10.5 Å². The monoisotopic (exact) mass is 285 g/mol. The summed E-state index contributed by atoms with van der Waals surface area (Å²) in [6.45, 7) is 1.74. The van der Waals surface area contributed by atoms with Crippen LogP contribution < -0.4 is 10.5 Å². The van der Waals surface area contributed by atoms with Crippen LogP contribution in [0, 0.1) is 12.7 Å². The molecule has 0 heterocycles. The molecule has 0 saturated heterocycles. The molecular formula is C18H20FNO. The van der Waals surface area contributed by atoms with Crippen LogP contribution in [0.4, 0.5) is 4.39 Å². The first kappa shape index (κ1) is 14.1. The Kier molecular flexibility index (Phi) is 3.93. The molecule has 2 aromatic rings. The van der Waals surface area contributed by atoms with Crippen molar-refractivity contribution in [2.75, 3.05) is 0 Å². The molecule has 0 aromatic heterocycles. The molecule has 1 aliphatic rings. The third kappa shape index (κ3) is 2.79. The predicted molar refractivity (Wildman–Crippen MR) is 81.9 cm³/mol. The van der Waals surface area contributed by atoms with Crippen molar-refractivity contribution in [3.8, 4) is 5.75 Å². The lowest BCUT2D eigenvalue weighted by Gasteiger charge is -2.24. The summed E-state index contributed by atoms with van der Waals surface area (Å²) in [7, 11) is 0. The Morgan fingerprint density at radius 1 is 1.14 bits per heavy atom. The van der Waals surface area contributed by atoms with Crippen molar-refractivity contribution in [1.82, 2.24) is 0 Å². The fourth-order valence-electron chi connectivity index (χ4n) is 2.97. The zero-order chi connectivity index (χ0) is 14.8. The van der Waals surface area contributed by atoms with Gasteiger partial charge in [-0.05, 0) is 48.9 Å². The molecule has 21 heavy (non-hydrogen) atoms. The van der Waals surface area contributed by atoms with E-state index in [-0.39, 0.29) is 18.0 Å². The van der Waals surface area contributed by atoms with Crippen molar-refractivity contribution >= 4 is 0 Å². The Balaban J connectivity index is 1.88. The Hall–Kier alpha value is -1.87. The van der Waals surface area contributed by atoms with Crippen LogP contribution in [0.1, 0.15) is 35.6 Å². The molecule has 2 nitrogen and oxygen atoms in total. The molecule has 1 aliphatic carbocycles. The average Bonchev–Trinajstić information content (AvgIpc) is 2.65. The van der Waals surface area contributed by atoms with Gasteiger partial charge in [-0.15, -0.1) is 0 Å². The van der Waals surface area contributed by atoms with Gasteiger partial charge in [0.25, 0.3) is 0 Å². The molecule has 2 unspecified atom stereocenters. The van der Waals surface area contributed by atoms with Crippen molar-refractivity contribution in [2.24, 2.45) is 5.73 Å². The number of aryl methyl sites for hydroxylation is 2. The van der Waals surface area contributed by atoms with Crippen LogP contribution in [0.3, 0.4) is 0 Å². The number of fused-ring (bicyclic) bond motifs is 1. The van der Waals surface area contributed by atoms with E-state index in [2.05, 4.69) is 6.07 Å². The maximum absolute atomic E-state index is 14.1. The first-order valence-electron chi connectivity index (χ1n) is 7.42. The molecule has 2 atom stereocenters.